The van der Waals surface area contributed by atoms with Crippen molar-refractivity contribution in [2.75, 3.05) is 13.7 Å². The molecule has 0 aromatic heterocycles. The quantitative estimate of drug-likeness (QED) is 0.804. The first-order valence-electron chi connectivity index (χ1n) is 7.80. The van der Waals surface area contributed by atoms with Crippen molar-refractivity contribution in [3.63, 3.8) is 0 Å². The van der Waals surface area contributed by atoms with Crippen LogP contribution in [0.5, 0.6) is 5.75 Å². The highest BCUT2D eigenvalue weighted by atomic mass is 16.5. The first-order valence-corrected chi connectivity index (χ1v) is 7.80. The highest BCUT2D eigenvalue weighted by molar-refractivity contribution is 5.69. The first-order chi connectivity index (χ1) is 10.7. The fourth-order valence-corrected chi connectivity index (χ4v) is 3.75. The summed E-state index contributed by atoms with van der Waals surface area (Å²) in [7, 11) is 1.40. The summed E-state index contributed by atoms with van der Waals surface area (Å²) in [5.41, 5.74) is 2.16. The second-order valence-corrected chi connectivity index (χ2v) is 6.10. The largest absolute Gasteiger partial charge is 0.489 e. The third-order valence-corrected chi connectivity index (χ3v) is 4.85. The number of fused-ring (bicyclic) bond motifs is 3. The van der Waals surface area contributed by atoms with Crippen LogP contribution in [0.25, 0.3) is 0 Å². The van der Waals surface area contributed by atoms with Gasteiger partial charge in [-0.15, -0.1) is 0 Å². The molecule has 0 bridgehead atoms. The maximum Gasteiger partial charge on any atom is 0.305 e. The van der Waals surface area contributed by atoms with E-state index < -0.39 is 6.10 Å². The van der Waals surface area contributed by atoms with E-state index in [1.165, 1.54) is 7.11 Å². The van der Waals surface area contributed by atoms with Crippen molar-refractivity contribution in [3.8, 4) is 5.75 Å². The number of carbonyl (C=O) groups is 1. The molecule has 3 rings (SSSR count). The van der Waals surface area contributed by atoms with Crippen LogP contribution < -0.4 is 4.74 Å². The smallest absolute Gasteiger partial charge is 0.305 e. The van der Waals surface area contributed by atoms with Crippen LogP contribution in [0.1, 0.15) is 36.3 Å². The van der Waals surface area contributed by atoms with Crippen molar-refractivity contribution >= 4 is 5.97 Å². The second-order valence-electron chi connectivity index (χ2n) is 6.10. The summed E-state index contributed by atoms with van der Waals surface area (Å²) in [5, 5.41) is 19.6. The molecule has 1 aromatic carbocycles. The van der Waals surface area contributed by atoms with E-state index in [0.717, 1.165) is 23.3 Å². The number of esters is 1. The Hall–Kier alpha value is -1.59. The number of methoxy groups -OCH3 is 1. The summed E-state index contributed by atoms with van der Waals surface area (Å²) < 4.78 is 10.7. The van der Waals surface area contributed by atoms with E-state index >= 15 is 0 Å². The molecule has 1 aliphatic heterocycles. The Balaban J connectivity index is 1.76. The molecule has 1 heterocycles. The third-order valence-electron chi connectivity index (χ3n) is 4.85. The van der Waals surface area contributed by atoms with Crippen LogP contribution in [-0.4, -0.2) is 42.1 Å². The van der Waals surface area contributed by atoms with Crippen LogP contribution in [0, 0.1) is 5.92 Å². The highest BCUT2D eigenvalue weighted by Gasteiger charge is 2.49. The molecule has 120 valence electrons. The van der Waals surface area contributed by atoms with Crippen molar-refractivity contribution in [2.45, 2.75) is 43.8 Å². The molecular weight excluding hydrogens is 284 g/mol. The van der Waals surface area contributed by atoms with Gasteiger partial charge in [-0.25, -0.2) is 0 Å². The van der Waals surface area contributed by atoms with Gasteiger partial charge in [-0.1, -0.05) is 18.2 Å². The number of benzene rings is 1. The highest BCUT2D eigenvalue weighted by Crippen LogP contribution is 2.51. The molecule has 5 heteroatoms. The van der Waals surface area contributed by atoms with Gasteiger partial charge in [0, 0.05) is 36.8 Å². The molecule has 4 atom stereocenters. The molecule has 5 nitrogen and oxygen atoms in total. The Morgan fingerprint density at radius 1 is 1.45 bits per heavy atom. The number of para-hydroxylation sites is 1. The maximum absolute atomic E-state index is 11.2. The van der Waals surface area contributed by atoms with E-state index in [1.807, 2.05) is 18.2 Å². The van der Waals surface area contributed by atoms with Gasteiger partial charge >= 0.3 is 5.97 Å². The van der Waals surface area contributed by atoms with Gasteiger partial charge in [0.1, 0.15) is 11.9 Å². The predicted octanol–water partition coefficient (Wildman–Crippen LogP) is 1.40. The molecule has 1 aromatic rings. The lowest BCUT2D eigenvalue weighted by molar-refractivity contribution is -0.140. The number of ether oxygens (including phenoxy) is 2. The fourth-order valence-electron chi connectivity index (χ4n) is 3.75. The van der Waals surface area contributed by atoms with Crippen LogP contribution in [0.2, 0.25) is 0 Å². The van der Waals surface area contributed by atoms with Gasteiger partial charge in [0.05, 0.1) is 13.2 Å². The Morgan fingerprint density at radius 2 is 2.27 bits per heavy atom. The van der Waals surface area contributed by atoms with Crippen molar-refractivity contribution in [2.24, 2.45) is 5.92 Å². The Bertz CT molecular complexity index is 556. The van der Waals surface area contributed by atoms with E-state index in [1.54, 1.807) is 0 Å². The average Bonchev–Trinajstić information content (AvgIpc) is 3.02. The number of carbonyl (C=O) groups excluding carboxylic acids is 1. The number of aliphatic hydroxyl groups excluding tert-OH is 2. The average molecular weight is 306 g/mol. The third kappa shape index (κ3) is 2.59. The molecule has 1 saturated carbocycles. The Labute approximate surface area is 129 Å². The maximum atomic E-state index is 11.2. The molecule has 0 saturated heterocycles. The van der Waals surface area contributed by atoms with Gasteiger partial charge in [0.15, 0.2) is 0 Å². The van der Waals surface area contributed by atoms with Crippen molar-refractivity contribution in [3.05, 3.63) is 29.3 Å². The van der Waals surface area contributed by atoms with Crippen molar-refractivity contribution in [1.82, 2.24) is 0 Å². The SMILES string of the molecule is COC(=O)CCCc1cccc2c1OC1CC(O)C(CO)C21. The molecule has 0 amide bonds. The number of aliphatic hydroxyl groups is 2. The lowest BCUT2D eigenvalue weighted by atomic mass is 9.87. The van der Waals surface area contributed by atoms with Crippen LogP contribution in [0.3, 0.4) is 0 Å². The van der Waals surface area contributed by atoms with Gasteiger partial charge in [0.25, 0.3) is 0 Å². The van der Waals surface area contributed by atoms with E-state index in [2.05, 4.69) is 4.74 Å². The Kier molecular flexibility index (Phi) is 4.36. The minimum absolute atomic E-state index is 0.0301. The number of rotatable bonds is 5. The number of hydrogen-bond donors (Lipinski definition) is 2. The molecule has 0 spiro atoms. The zero-order valence-electron chi connectivity index (χ0n) is 12.7. The number of aryl methyl sites for hydroxylation is 1. The first kappa shape index (κ1) is 15.3. The minimum Gasteiger partial charge on any atom is -0.489 e. The van der Waals surface area contributed by atoms with Gasteiger partial charge in [-0.2, -0.15) is 0 Å². The van der Waals surface area contributed by atoms with E-state index in [4.69, 9.17) is 4.74 Å². The zero-order chi connectivity index (χ0) is 15.7. The monoisotopic (exact) mass is 306 g/mol. The van der Waals surface area contributed by atoms with Crippen LogP contribution >= 0.6 is 0 Å². The fraction of sp³-hybridized carbons (Fsp3) is 0.588. The Morgan fingerprint density at radius 3 is 3.00 bits per heavy atom. The summed E-state index contributed by atoms with van der Waals surface area (Å²) in [4.78, 5) is 11.2. The molecule has 1 aliphatic carbocycles. The van der Waals surface area contributed by atoms with Gasteiger partial charge < -0.3 is 19.7 Å². The van der Waals surface area contributed by atoms with Gasteiger partial charge in [-0.3, -0.25) is 4.79 Å². The van der Waals surface area contributed by atoms with E-state index in [-0.39, 0.29) is 30.5 Å². The molecule has 2 N–H and O–H groups in total. The van der Waals surface area contributed by atoms with Gasteiger partial charge in [0.2, 0.25) is 0 Å². The molecule has 2 aliphatic rings. The van der Waals surface area contributed by atoms with Crippen LogP contribution in [-0.2, 0) is 16.0 Å². The second kappa shape index (κ2) is 6.26. The molecule has 1 fully saturated rings. The summed E-state index contributed by atoms with van der Waals surface area (Å²) in [6.07, 6.45) is 1.87. The minimum atomic E-state index is -0.504. The van der Waals surface area contributed by atoms with Crippen molar-refractivity contribution < 1.29 is 24.5 Å². The van der Waals surface area contributed by atoms with E-state index in [0.29, 0.717) is 19.3 Å². The molecule has 22 heavy (non-hydrogen) atoms. The topological polar surface area (TPSA) is 76.0 Å². The van der Waals surface area contributed by atoms with Crippen LogP contribution in [0.15, 0.2) is 18.2 Å². The number of hydrogen-bond acceptors (Lipinski definition) is 5. The van der Waals surface area contributed by atoms with Gasteiger partial charge in [-0.05, 0) is 18.4 Å². The zero-order valence-corrected chi connectivity index (χ0v) is 12.7. The standard InChI is InChI=1S/C17H22O5/c1-21-15(20)7-3-5-10-4-2-6-11-16-12(9-18)13(19)8-14(16)22-17(10)11/h2,4,6,12-14,16,18-19H,3,5,7-9H2,1H3. The summed E-state index contributed by atoms with van der Waals surface area (Å²) in [6.45, 7) is -0.0301. The summed E-state index contributed by atoms with van der Waals surface area (Å²) >= 11 is 0. The molecule has 0 radical (unpaired) electrons. The predicted molar refractivity (Wildman–Crippen MR) is 79.8 cm³/mol. The normalized spacial score (nSPS) is 28.9. The molecular formula is C17H22O5. The summed E-state index contributed by atoms with van der Waals surface area (Å²) in [6, 6.07) is 6.02. The lowest BCUT2D eigenvalue weighted by Gasteiger charge is -2.18. The van der Waals surface area contributed by atoms with Crippen molar-refractivity contribution in [1.29, 1.82) is 0 Å². The van der Waals surface area contributed by atoms with E-state index in [9.17, 15) is 15.0 Å². The lowest BCUT2D eigenvalue weighted by Crippen LogP contribution is -2.22. The van der Waals surface area contributed by atoms with Crippen LogP contribution in [0.4, 0.5) is 0 Å². The molecule has 4 unspecified atom stereocenters. The summed E-state index contributed by atoms with van der Waals surface area (Å²) in [5.74, 6) is 0.591.